The van der Waals surface area contributed by atoms with E-state index in [1.165, 1.54) is 5.57 Å². The zero-order valence-corrected chi connectivity index (χ0v) is 6.97. The third-order valence-corrected chi connectivity index (χ3v) is 1.91. The van der Waals surface area contributed by atoms with Gasteiger partial charge in [0.2, 0.25) is 0 Å². The first kappa shape index (κ1) is 8.34. The third kappa shape index (κ3) is 2.39. The van der Waals surface area contributed by atoms with E-state index >= 15 is 0 Å². The van der Waals surface area contributed by atoms with Crippen molar-refractivity contribution in [2.24, 2.45) is 5.73 Å². The molecule has 62 valence electrons. The average Bonchev–Trinajstić information content (AvgIpc) is 2.07. The maximum Gasteiger partial charge on any atom is 0.0956 e. The van der Waals surface area contributed by atoms with Crippen molar-refractivity contribution in [3.8, 4) is 0 Å². The van der Waals surface area contributed by atoms with Crippen LogP contribution in [-0.2, 0) is 4.74 Å². The van der Waals surface area contributed by atoms with Crippen molar-refractivity contribution in [2.45, 2.75) is 19.3 Å². The Bertz CT molecular complexity index is 182. The number of ether oxygens (including phenoxy) is 1. The van der Waals surface area contributed by atoms with Gasteiger partial charge < -0.3 is 10.5 Å². The second-order valence-electron chi connectivity index (χ2n) is 2.68. The van der Waals surface area contributed by atoms with Gasteiger partial charge in [-0.1, -0.05) is 11.6 Å². The first-order valence-electron chi connectivity index (χ1n) is 3.98. The van der Waals surface area contributed by atoms with Crippen LogP contribution in [0.1, 0.15) is 19.3 Å². The minimum Gasteiger partial charge on any atom is -0.501 e. The lowest BCUT2D eigenvalue weighted by Gasteiger charge is -2.11. The molecule has 1 aliphatic carbocycles. The SMILES string of the molecule is COC1=CCC(CCN)=CC1. The van der Waals surface area contributed by atoms with E-state index in [9.17, 15) is 0 Å². The van der Waals surface area contributed by atoms with Gasteiger partial charge in [0.25, 0.3) is 0 Å². The number of hydrogen-bond donors (Lipinski definition) is 1. The van der Waals surface area contributed by atoms with Crippen molar-refractivity contribution < 1.29 is 4.74 Å². The number of allylic oxidation sites excluding steroid dienone is 2. The summed E-state index contributed by atoms with van der Waals surface area (Å²) in [6.45, 7) is 0.752. The van der Waals surface area contributed by atoms with E-state index in [0.717, 1.165) is 31.6 Å². The van der Waals surface area contributed by atoms with Crippen molar-refractivity contribution in [2.75, 3.05) is 13.7 Å². The molecule has 0 aromatic rings. The Morgan fingerprint density at radius 3 is 2.73 bits per heavy atom. The summed E-state index contributed by atoms with van der Waals surface area (Å²) in [5.41, 5.74) is 6.87. The summed E-state index contributed by atoms with van der Waals surface area (Å²) in [6, 6.07) is 0. The minimum atomic E-state index is 0.752. The summed E-state index contributed by atoms with van der Waals surface area (Å²) in [5, 5.41) is 0. The van der Waals surface area contributed by atoms with Crippen LogP contribution in [0.3, 0.4) is 0 Å². The highest BCUT2D eigenvalue weighted by Crippen LogP contribution is 2.19. The normalized spacial score (nSPS) is 17.3. The first-order valence-corrected chi connectivity index (χ1v) is 3.98. The van der Waals surface area contributed by atoms with Crippen LogP contribution in [0.25, 0.3) is 0 Å². The molecule has 11 heavy (non-hydrogen) atoms. The van der Waals surface area contributed by atoms with Crippen LogP contribution in [0, 0.1) is 0 Å². The molecule has 0 heterocycles. The van der Waals surface area contributed by atoms with Gasteiger partial charge in [0.1, 0.15) is 0 Å². The van der Waals surface area contributed by atoms with Gasteiger partial charge in [-0.2, -0.15) is 0 Å². The molecular formula is C9H15NO. The van der Waals surface area contributed by atoms with E-state index in [0.29, 0.717) is 0 Å². The quantitative estimate of drug-likeness (QED) is 0.625. The van der Waals surface area contributed by atoms with Gasteiger partial charge in [-0.05, 0) is 25.5 Å². The molecule has 0 saturated heterocycles. The van der Waals surface area contributed by atoms with Gasteiger partial charge in [0.15, 0.2) is 0 Å². The standard InChI is InChI=1S/C9H15NO/c1-11-9-4-2-8(3-5-9)6-7-10/h2,5H,3-4,6-7,10H2,1H3. The molecule has 0 atom stereocenters. The lowest BCUT2D eigenvalue weighted by molar-refractivity contribution is 0.281. The van der Waals surface area contributed by atoms with E-state index in [-0.39, 0.29) is 0 Å². The Kier molecular flexibility index (Phi) is 3.17. The smallest absolute Gasteiger partial charge is 0.0956 e. The monoisotopic (exact) mass is 153 g/mol. The van der Waals surface area contributed by atoms with Gasteiger partial charge >= 0.3 is 0 Å². The fraction of sp³-hybridized carbons (Fsp3) is 0.556. The van der Waals surface area contributed by atoms with E-state index in [4.69, 9.17) is 10.5 Å². The van der Waals surface area contributed by atoms with E-state index in [2.05, 4.69) is 12.2 Å². The largest absolute Gasteiger partial charge is 0.501 e. The molecule has 2 heteroatoms. The predicted molar refractivity (Wildman–Crippen MR) is 46.1 cm³/mol. The summed E-state index contributed by atoms with van der Waals surface area (Å²) >= 11 is 0. The average molecular weight is 153 g/mol. The third-order valence-electron chi connectivity index (χ3n) is 1.91. The van der Waals surface area contributed by atoms with Crippen LogP contribution in [0.15, 0.2) is 23.5 Å². The maximum absolute atomic E-state index is 5.43. The van der Waals surface area contributed by atoms with E-state index in [1.54, 1.807) is 7.11 Å². The molecule has 0 aromatic carbocycles. The van der Waals surface area contributed by atoms with E-state index < -0.39 is 0 Å². The van der Waals surface area contributed by atoms with Crippen molar-refractivity contribution in [1.29, 1.82) is 0 Å². The fourth-order valence-corrected chi connectivity index (χ4v) is 1.21. The molecule has 0 aliphatic heterocycles. The maximum atomic E-state index is 5.43. The minimum absolute atomic E-state index is 0.752. The van der Waals surface area contributed by atoms with Crippen LogP contribution >= 0.6 is 0 Å². The molecule has 2 N–H and O–H groups in total. The predicted octanol–water partition coefficient (Wildman–Crippen LogP) is 1.59. The lowest BCUT2D eigenvalue weighted by atomic mass is 10.0. The molecule has 0 unspecified atom stereocenters. The fourth-order valence-electron chi connectivity index (χ4n) is 1.21. The van der Waals surface area contributed by atoms with Gasteiger partial charge in [0, 0.05) is 6.42 Å². The topological polar surface area (TPSA) is 35.2 Å². The summed E-state index contributed by atoms with van der Waals surface area (Å²) in [6.07, 6.45) is 7.32. The van der Waals surface area contributed by atoms with Gasteiger partial charge in [-0.25, -0.2) is 0 Å². The molecule has 0 amide bonds. The Labute approximate surface area is 67.7 Å². The van der Waals surface area contributed by atoms with Crippen LogP contribution in [0.4, 0.5) is 0 Å². The van der Waals surface area contributed by atoms with Gasteiger partial charge in [-0.15, -0.1) is 0 Å². The Morgan fingerprint density at radius 2 is 2.27 bits per heavy atom. The molecule has 1 aliphatic rings. The molecular weight excluding hydrogens is 138 g/mol. The first-order chi connectivity index (χ1) is 5.36. The highest BCUT2D eigenvalue weighted by molar-refractivity contribution is 5.18. The number of hydrogen-bond acceptors (Lipinski definition) is 2. The summed E-state index contributed by atoms with van der Waals surface area (Å²) < 4.78 is 5.10. The van der Waals surface area contributed by atoms with Crippen molar-refractivity contribution >= 4 is 0 Å². The van der Waals surface area contributed by atoms with Crippen molar-refractivity contribution in [1.82, 2.24) is 0 Å². The highest BCUT2D eigenvalue weighted by atomic mass is 16.5. The second-order valence-corrected chi connectivity index (χ2v) is 2.68. The van der Waals surface area contributed by atoms with Gasteiger partial charge in [0.05, 0.1) is 12.9 Å². The highest BCUT2D eigenvalue weighted by Gasteiger charge is 2.03. The Hall–Kier alpha value is -0.760. The molecule has 0 spiro atoms. The second kappa shape index (κ2) is 4.19. The summed E-state index contributed by atoms with van der Waals surface area (Å²) in [5.74, 6) is 1.07. The van der Waals surface area contributed by atoms with Crippen LogP contribution in [-0.4, -0.2) is 13.7 Å². The Balaban J connectivity index is 2.37. The van der Waals surface area contributed by atoms with Crippen LogP contribution < -0.4 is 5.73 Å². The molecule has 1 rings (SSSR count). The van der Waals surface area contributed by atoms with Crippen molar-refractivity contribution in [3.05, 3.63) is 23.5 Å². The summed E-state index contributed by atoms with van der Waals surface area (Å²) in [4.78, 5) is 0. The number of rotatable bonds is 3. The summed E-state index contributed by atoms with van der Waals surface area (Å²) in [7, 11) is 1.72. The molecule has 0 radical (unpaired) electrons. The van der Waals surface area contributed by atoms with Crippen LogP contribution in [0.2, 0.25) is 0 Å². The number of nitrogens with two attached hydrogens (primary N) is 1. The van der Waals surface area contributed by atoms with Crippen LogP contribution in [0.5, 0.6) is 0 Å². The zero-order valence-electron chi connectivity index (χ0n) is 6.97. The van der Waals surface area contributed by atoms with Gasteiger partial charge in [-0.3, -0.25) is 0 Å². The Morgan fingerprint density at radius 1 is 1.45 bits per heavy atom. The van der Waals surface area contributed by atoms with Crippen molar-refractivity contribution in [3.63, 3.8) is 0 Å². The molecule has 2 nitrogen and oxygen atoms in total. The lowest BCUT2D eigenvalue weighted by Crippen LogP contribution is -2.02. The molecule has 0 aromatic heterocycles. The molecule has 0 bridgehead atoms. The number of methoxy groups -OCH3 is 1. The zero-order chi connectivity index (χ0) is 8.10. The van der Waals surface area contributed by atoms with E-state index in [1.807, 2.05) is 0 Å². The molecule has 0 saturated carbocycles. The molecule has 0 fully saturated rings.